The Morgan fingerprint density at radius 1 is 1.20 bits per heavy atom. The minimum absolute atomic E-state index is 0.00763. The molecule has 1 aliphatic rings. The molecule has 2 aromatic rings. The highest BCUT2D eigenvalue weighted by atomic mass is 19.1. The monoisotopic (exact) mass is 347 g/mol. The lowest BCUT2D eigenvalue weighted by Gasteiger charge is -2.16. The van der Waals surface area contributed by atoms with Gasteiger partial charge in [0.2, 0.25) is 5.91 Å². The highest BCUT2D eigenvalue weighted by molar-refractivity contribution is 5.99. The van der Waals surface area contributed by atoms with E-state index in [1.165, 1.54) is 0 Å². The number of carbonyl (C=O) groups is 2. The van der Waals surface area contributed by atoms with Crippen molar-refractivity contribution in [3.63, 3.8) is 0 Å². The lowest BCUT2D eigenvalue weighted by molar-refractivity contribution is -0.145. The van der Waals surface area contributed by atoms with Gasteiger partial charge in [0.05, 0.1) is 0 Å². The Bertz CT molecular complexity index is 787. The van der Waals surface area contributed by atoms with Crippen LogP contribution in [-0.4, -0.2) is 23.5 Å². The molecule has 1 aliphatic heterocycles. The Morgan fingerprint density at radius 2 is 1.84 bits per heavy atom. The molecule has 0 spiro atoms. The molecule has 0 saturated carbocycles. The Kier molecular flexibility index (Phi) is 4.65. The van der Waals surface area contributed by atoms with E-state index in [1.807, 2.05) is 30.3 Å². The van der Waals surface area contributed by atoms with E-state index in [1.54, 1.807) is 0 Å². The number of nitrogens with one attached hydrogen (secondary N) is 1. The van der Waals surface area contributed by atoms with Gasteiger partial charge in [-0.3, -0.25) is 9.59 Å². The summed E-state index contributed by atoms with van der Waals surface area (Å²) in [6, 6.07) is 11.1. The van der Waals surface area contributed by atoms with Crippen LogP contribution in [0.25, 0.3) is 0 Å². The molecule has 130 valence electrons. The summed E-state index contributed by atoms with van der Waals surface area (Å²) in [4.78, 5) is 22.8. The Labute approximate surface area is 142 Å². The zero-order valence-electron chi connectivity index (χ0n) is 13.0. The van der Waals surface area contributed by atoms with Crippen molar-refractivity contribution in [1.29, 1.82) is 0 Å². The Balaban J connectivity index is 1.83. The number of carboxylic acid groups (broad SMARTS) is 1. The number of ether oxygens (including phenoxy) is 1. The van der Waals surface area contributed by atoms with E-state index in [2.05, 4.69) is 5.32 Å². The number of benzene rings is 2. The van der Waals surface area contributed by atoms with Crippen LogP contribution in [0.15, 0.2) is 42.5 Å². The van der Waals surface area contributed by atoms with Crippen molar-refractivity contribution >= 4 is 11.9 Å². The van der Waals surface area contributed by atoms with Gasteiger partial charge in [-0.15, -0.1) is 0 Å². The zero-order valence-corrected chi connectivity index (χ0v) is 13.0. The first-order valence-electron chi connectivity index (χ1n) is 7.63. The van der Waals surface area contributed by atoms with Crippen molar-refractivity contribution in [3.05, 3.63) is 65.2 Å². The molecule has 1 fully saturated rings. The fourth-order valence-electron chi connectivity index (χ4n) is 2.91. The van der Waals surface area contributed by atoms with E-state index >= 15 is 0 Å². The molecule has 0 bridgehead atoms. The molecule has 2 atom stereocenters. The van der Waals surface area contributed by atoms with Gasteiger partial charge in [0, 0.05) is 30.2 Å². The SMILES string of the molecule is O=C(O)[C@@H]1C(=O)NC[C@H]1c1c(F)cc(OCc2ccccc2)cc1F. The highest BCUT2D eigenvalue weighted by Crippen LogP contribution is 2.34. The minimum Gasteiger partial charge on any atom is -0.489 e. The molecule has 5 nitrogen and oxygen atoms in total. The predicted octanol–water partition coefficient (Wildman–Crippen LogP) is 2.46. The van der Waals surface area contributed by atoms with Crippen LogP contribution >= 0.6 is 0 Å². The summed E-state index contributed by atoms with van der Waals surface area (Å²) < 4.78 is 34.2. The van der Waals surface area contributed by atoms with Crippen molar-refractivity contribution < 1.29 is 28.2 Å². The van der Waals surface area contributed by atoms with Gasteiger partial charge in [0.25, 0.3) is 0 Å². The van der Waals surface area contributed by atoms with Gasteiger partial charge >= 0.3 is 5.97 Å². The van der Waals surface area contributed by atoms with E-state index in [4.69, 9.17) is 9.84 Å². The molecule has 1 saturated heterocycles. The fraction of sp³-hybridized carbons (Fsp3) is 0.222. The first kappa shape index (κ1) is 16.9. The van der Waals surface area contributed by atoms with Gasteiger partial charge in [0.1, 0.15) is 29.9 Å². The number of carbonyl (C=O) groups excluding carboxylic acids is 1. The smallest absolute Gasteiger partial charge is 0.316 e. The lowest BCUT2D eigenvalue weighted by Crippen LogP contribution is -2.27. The van der Waals surface area contributed by atoms with Crippen LogP contribution in [0.5, 0.6) is 5.75 Å². The summed E-state index contributed by atoms with van der Waals surface area (Å²) in [6.45, 7) is 0.00808. The van der Waals surface area contributed by atoms with Crippen molar-refractivity contribution in [2.45, 2.75) is 12.5 Å². The van der Waals surface area contributed by atoms with Gasteiger partial charge in [-0.1, -0.05) is 30.3 Å². The summed E-state index contributed by atoms with van der Waals surface area (Å²) in [5.41, 5.74) is 0.418. The van der Waals surface area contributed by atoms with Gasteiger partial charge in [-0.2, -0.15) is 0 Å². The van der Waals surface area contributed by atoms with Crippen LogP contribution in [0, 0.1) is 17.6 Å². The molecular weight excluding hydrogens is 332 g/mol. The zero-order chi connectivity index (χ0) is 18.0. The van der Waals surface area contributed by atoms with Gasteiger partial charge in [-0.25, -0.2) is 8.78 Å². The quantitative estimate of drug-likeness (QED) is 0.815. The third kappa shape index (κ3) is 3.45. The maximum absolute atomic E-state index is 14.4. The van der Waals surface area contributed by atoms with Crippen LogP contribution in [0.3, 0.4) is 0 Å². The third-order valence-corrected chi connectivity index (χ3v) is 4.12. The molecule has 25 heavy (non-hydrogen) atoms. The number of carboxylic acids is 1. The van der Waals surface area contributed by atoms with E-state index in [9.17, 15) is 18.4 Å². The van der Waals surface area contributed by atoms with Gasteiger partial charge in [-0.05, 0) is 5.56 Å². The molecule has 1 amide bonds. The molecule has 3 rings (SSSR count). The van der Waals surface area contributed by atoms with Gasteiger partial charge in [0.15, 0.2) is 0 Å². The maximum Gasteiger partial charge on any atom is 0.316 e. The average Bonchev–Trinajstić information content (AvgIpc) is 2.95. The summed E-state index contributed by atoms with van der Waals surface area (Å²) in [5.74, 6) is -6.66. The minimum atomic E-state index is -1.51. The molecule has 0 aromatic heterocycles. The second-order valence-corrected chi connectivity index (χ2v) is 5.74. The molecular formula is C18H15F2NO4. The summed E-state index contributed by atoms with van der Waals surface area (Å²) in [6.07, 6.45) is 0. The summed E-state index contributed by atoms with van der Waals surface area (Å²) >= 11 is 0. The Morgan fingerprint density at radius 3 is 2.44 bits per heavy atom. The number of rotatable bonds is 5. The molecule has 0 radical (unpaired) electrons. The molecule has 2 aromatic carbocycles. The molecule has 7 heteroatoms. The first-order valence-corrected chi connectivity index (χ1v) is 7.63. The van der Waals surface area contributed by atoms with E-state index in [-0.39, 0.29) is 18.9 Å². The predicted molar refractivity (Wildman–Crippen MR) is 84.0 cm³/mol. The first-order chi connectivity index (χ1) is 12.0. The van der Waals surface area contributed by atoms with Crippen LogP contribution in [0.1, 0.15) is 17.0 Å². The standard InChI is InChI=1S/C18H15F2NO4/c19-13-6-11(25-9-10-4-2-1-3-5-10)7-14(20)15(13)12-8-21-17(22)16(12)18(23)24/h1-7,12,16H,8-9H2,(H,21,22)(H,23,24)/t12-,16-/m0/s1. The maximum atomic E-state index is 14.4. The van der Waals surface area contributed by atoms with E-state index in [0.717, 1.165) is 17.7 Å². The number of hydrogen-bond donors (Lipinski definition) is 2. The third-order valence-electron chi connectivity index (χ3n) is 4.12. The highest BCUT2D eigenvalue weighted by Gasteiger charge is 2.43. The van der Waals surface area contributed by atoms with Crippen molar-refractivity contribution in [3.8, 4) is 5.75 Å². The van der Waals surface area contributed by atoms with Crippen LogP contribution in [0.2, 0.25) is 0 Å². The van der Waals surface area contributed by atoms with E-state index in [0.29, 0.717) is 0 Å². The number of halogens is 2. The largest absolute Gasteiger partial charge is 0.489 e. The molecule has 0 aliphatic carbocycles. The number of hydrogen-bond acceptors (Lipinski definition) is 3. The number of amides is 1. The molecule has 2 N–H and O–H groups in total. The second-order valence-electron chi connectivity index (χ2n) is 5.74. The fourth-order valence-corrected chi connectivity index (χ4v) is 2.91. The van der Waals surface area contributed by atoms with Crippen LogP contribution in [-0.2, 0) is 16.2 Å². The van der Waals surface area contributed by atoms with Crippen LogP contribution in [0.4, 0.5) is 8.78 Å². The van der Waals surface area contributed by atoms with Crippen molar-refractivity contribution in [2.24, 2.45) is 5.92 Å². The summed E-state index contributed by atoms with van der Waals surface area (Å²) in [7, 11) is 0. The van der Waals surface area contributed by atoms with Crippen LogP contribution < -0.4 is 10.1 Å². The molecule has 1 heterocycles. The second kappa shape index (κ2) is 6.88. The normalized spacial score (nSPS) is 19.5. The summed E-state index contributed by atoms with van der Waals surface area (Å²) in [5, 5.41) is 11.5. The number of aliphatic carboxylic acids is 1. The van der Waals surface area contributed by atoms with Crippen molar-refractivity contribution in [1.82, 2.24) is 5.32 Å². The molecule has 0 unspecified atom stereocenters. The van der Waals surface area contributed by atoms with Crippen molar-refractivity contribution in [2.75, 3.05) is 6.54 Å². The lowest BCUT2D eigenvalue weighted by atomic mass is 9.88. The topological polar surface area (TPSA) is 75.6 Å². The van der Waals surface area contributed by atoms with E-state index < -0.39 is 40.9 Å². The average molecular weight is 347 g/mol. The van der Waals surface area contributed by atoms with Gasteiger partial charge < -0.3 is 15.2 Å². The Hall–Kier alpha value is -2.96.